The Hall–Kier alpha value is 0.01000. The van der Waals surface area contributed by atoms with E-state index in [0.29, 0.717) is 6.04 Å². The molecule has 0 aliphatic carbocycles. The van der Waals surface area contributed by atoms with Gasteiger partial charge in [0.2, 0.25) is 0 Å². The van der Waals surface area contributed by atoms with Crippen LogP contribution in [0.2, 0.25) is 0 Å². The first-order valence-electron chi connectivity index (χ1n) is 6.18. The molecule has 0 amide bonds. The van der Waals surface area contributed by atoms with E-state index in [4.69, 9.17) is 0 Å². The van der Waals surface area contributed by atoms with Crippen molar-refractivity contribution in [2.75, 3.05) is 12.8 Å². The van der Waals surface area contributed by atoms with Crippen LogP contribution in [0, 0.1) is 5.92 Å². The average Bonchev–Trinajstić information content (AvgIpc) is 2.35. The first-order valence-corrected chi connectivity index (χ1v) is 7.95. The number of nitrogens with one attached hydrogen (secondary N) is 1. The summed E-state index contributed by atoms with van der Waals surface area (Å²) in [6.45, 7) is 6.77. The molecule has 17 heavy (non-hydrogen) atoms. The Morgan fingerprint density at radius 3 is 2.65 bits per heavy atom. The van der Waals surface area contributed by atoms with Crippen molar-refractivity contribution >= 4 is 27.7 Å². The monoisotopic (exact) mass is 315 g/mol. The highest BCUT2D eigenvalue weighted by molar-refractivity contribution is 9.10. The van der Waals surface area contributed by atoms with Gasteiger partial charge in [-0.2, -0.15) is 0 Å². The predicted molar refractivity (Wildman–Crippen MR) is 81.8 cm³/mol. The fourth-order valence-electron chi connectivity index (χ4n) is 1.50. The number of halogens is 1. The van der Waals surface area contributed by atoms with Crippen LogP contribution in [0.25, 0.3) is 0 Å². The van der Waals surface area contributed by atoms with E-state index in [1.807, 2.05) is 18.8 Å². The Bertz CT molecular complexity index is 354. The minimum atomic E-state index is 0.405. The highest BCUT2D eigenvalue weighted by atomic mass is 79.9. The summed E-state index contributed by atoms with van der Waals surface area (Å²) in [6.07, 6.45) is 1.25. The lowest BCUT2D eigenvalue weighted by Gasteiger charge is -2.17. The zero-order valence-corrected chi connectivity index (χ0v) is 13.5. The van der Waals surface area contributed by atoms with Crippen molar-refractivity contribution in [1.29, 1.82) is 0 Å². The third-order valence-electron chi connectivity index (χ3n) is 3.10. The molecule has 2 atom stereocenters. The summed E-state index contributed by atoms with van der Waals surface area (Å²) in [5.74, 6) is 1.97. The van der Waals surface area contributed by atoms with Gasteiger partial charge in [0.1, 0.15) is 0 Å². The van der Waals surface area contributed by atoms with Crippen molar-refractivity contribution in [1.82, 2.24) is 5.32 Å². The van der Waals surface area contributed by atoms with Gasteiger partial charge in [-0.15, -0.1) is 11.8 Å². The minimum absolute atomic E-state index is 0.405. The molecule has 3 heteroatoms. The van der Waals surface area contributed by atoms with Crippen molar-refractivity contribution in [3.8, 4) is 0 Å². The van der Waals surface area contributed by atoms with E-state index in [0.717, 1.165) is 10.4 Å². The molecule has 0 fully saturated rings. The molecule has 1 N–H and O–H groups in total. The van der Waals surface area contributed by atoms with Crippen LogP contribution in [0.3, 0.4) is 0 Å². The Labute approximate surface area is 118 Å². The third kappa shape index (κ3) is 4.65. The third-order valence-corrected chi connectivity index (χ3v) is 4.99. The fraction of sp³-hybridized carbons (Fsp3) is 0.571. The predicted octanol–water partition coefficient (Wildman–Crippen LogP) is 4.87. The van der Waals surface area contributed by atoms with Crippen LogP contribution in [0.15, 0.2) is 27.6 Å². The Morgan fingerprint density at radius 2 is 2.06 bits per heavy atom. The Morgan fingerprint density at radius 1 is 1.35 bits per heavy atom. The number of hydrogen-bond donors (Lipinski definition) is 1. The molecule has 1 aromatic rings. The maximum Gasteiger partial charge on any atom is 0.0300 e. The summed E-state index contributed by atoms with van der Waals surface area (Å²) in [5, 5.41) is 3.31. The summed E-state index contributed by atoms with van der Waals surface area (Å²) in [6, 6.07) is 6.97. The SMILES string of the molecule is CCC(C)CSc1cc(Br)ccc1C(C)NC. The van der Waals surface area contributed by atoms with Gasteiger partial charge in [0.25, 0.3) is 0 Å². The van der Waals surface area contributed by atoms with E-state index < -0.39 is 0 Å². The van der Waals surface area contributed by atoms with E-state index in [-0.39, 0.29) is 0 Å². The summed E-state index contributed by atoms with van der Waals surface area (Å²) < 4.78 is 1.16. The van der Waals surface area contributed by atoms with E-state index in [1.165, 1.54) is 22.6 Å². The van der Waals surface area contributed by atoms with E-state index in [9.17, 15) is 0 Å². The molecule has 0 heterocycles. The first-order chi connectivity index (χ1) is 8.08. The molecule has 0 saturated carbocycles. The van der Waals surface area contributed by atoms with Gasteiger partial charge in [0.15, 0.2) is 0 Å². The van der Waals surface area contributed by atoms with E-state index >= 15 is 0 Å². The highest BCUT2D eigenvalue weighted by Crippen LogP contribution is 2.31. The number of hydrogen-bond acceptors (Lipinski definition) is 2. The molecule has 1 rings (SSSR count). The van der Waals surface area contributed by atoms with Crippen molar-refractivity contribution in [2.45, 2.75) is 38.1 Å². The van der Waals surface area contributed by atoms with Crippen LogP contribution in [0.4, 0.5) is 0 Å². The first kappa shape index (κ1) is 15.1. The largest absolute Gasteiger partial charge is 0.313 e. The molecule has 2 unspecified atom stereocenters. The number of rotatable bonds is 6. The summed E-state index contributed by atoms with van der Waals surface area (Å²) in [5.41, 5.74) is 1.39. The van der Waals surface area contributed by atoms with E-state index in [2.05, 4.69) is 60.2 Å². The molecule has 0 spiro atoms. The van der Waals surface area contributed by atoms with Crippen molar-refractivity contribution < 1.29 is 0 Å². The van der Waals surface area contributed by atoms with Crippen molar-refractivity contribution in [3.63, 3.8) is 0 Å². The molecule has 1 aromatic carbocycles. The van der Waals surface area contributed by atoms with Gasteiger partial charge in [-0.1, -0.05) is 42.3 Å². The Balaban J connectivity index is 2.83. The standard InChI is InChI=1S/C14H22BrNS/c1-5-10(2)9-17-14-8-12(15)6-7-13(14)11(3)16-4/h6-8,10-11,16H,5,9H2,1-4H3. The maximum atomic E-state index is 3.56. The fourth-order valence-corrected chi connectivity index (χ4v) is 3.33. The van der Waals surface area contributed by atoms with Gasteiger partial charge in [-0.25, -0.2) is 0 Å². The number of thioether (sulfide) groups is 1. The molecule has 0 aliphatic rings. The van der Waals surface area contributed by atoms with Crippen molar-refractivity contribution in [2.24, 2.45) is 5.92 Å². The van der Waals surface area contributed by atoms with Gasteiger partial charge in [0.05, 0.1) is 0 Å². The van der Waals surface area contributed by atoms with Gasteiger partial charge in [-0.3, -0.25) is 0 Å². The molecule has 1 nitrogen and oxygen atoms in total. The lowest BCUT2D eigenvalue weighted by atomic mass is 10.1. The highest BCUT2D eigenvalue weighted by Gasteiger charge is 2.10. The molecule has 0 aromatic heterocycles. The van der Waals surface area contributed by atoms with Gasteiger partial charge in [-0.05, 0) is 37.6 Å². The summed E-state index contributed by atoms with van der Waals surface area (Å²) in [7, 11) is 2.01. The van der Waals surface area contributed by atoms with Crippen molar-refractivity contribution in [3.05, 3.63) is 28.2 Å². The van der Waals surface area contributed by atoms with Crippen LogP contribution in [-0.4, -0.2) is 12.8 Å². The molecule has 96 valence electrons. The summed E-state index contributed by atoms with van der Waals surface area (Å²) >= 11 is 5.53. The van der Waals surface area contributed by atoms with Crippen LogP contribution in [0.5, 0.6) is 0 Å². The lowest BCUT2D eigenvalue weighted by molar-refractivity contribution is 0.632. The van der Waals surface area contributed by atoms with Crippen LogP contribution in [0.1, 0.15) is 38.8 Å². The molecule has 0 aliphatic heterocycles. The topological polar surface area (TPSA) is 12.0 Å². The second-order valence-electron chi connectivity index (χ2n) is 4.52. The van der Waals surface area contributed by atoms with Crippen LogP contribution >= 0.6 is 27.7 Å². The van der Waals surface area contributed by atoms with Crippen LogP contribution in [-0.2, 0) is 0 Å². The molecule has 0 radical (unpaired) electrons. The van der Waals surface area contributed by atoms with Gasteiger partial charge >= 0.3 is 0 Å². The van der Waals surface area contributed by atoms with E-state index in [1.54, 1.807) is 0 Å². The normalized spacial score (nSPS) is 14.6. The number of benzene rings is 1. The summed E-state index contributed by atoms with van der Waals surface area (Å²) in [4.78, 5) is 1.39. The zero-order valence-electron chi connectivity index (χ0n) is 11.1. The zero-order chi connectivity index (χ0) is 12.8. The van der Waals surface area contributed by atoms with Gasteiger partial charge < -0.3 is 5.32 Å². The average molecular weight is 316 g/mol. The second kappa shape index (κ2) is 7.45. The minimum Gasteiger partial charge on any atom is -0.313 e. The molecular formula is C14H22BrNS. The molecular weight excluding hydrogens is 294 g/mol. The Kier molecular flexibility index (Phi) is 6.60. The second-order valence-corrected chi connectivity index (χ2v) is 6.49. The maximum absolute atomic E-state index is 3.56. The van der Waals surface area contributed by atoms with Crippen LogP contribution < -0.4 is 5.32 Å². The quantitative estimate of drug-likeness (QED) is 0.752. The molecule has 0 bridgehead atoms. The van der Waals surface area contributed by atoms with Gasteiger partial charge in [0, 0.05) is 21.2 Å². The lowest BCUT2D eigenvalue weighted by Crippen LogP contribution is -2.13. The smallest absolute Gasteiger partial charge is 0.0300 e. The molecule has 0 saturated heterocycles.